The lowest BCUT2D eigenvalue weighted by molar-refractivity contribution is -0.109. The van der Waals surface area contributed by atoms with E-state index < -0.39 is 0 Å². The van der Waals surface area contributed by atoms with Gasteiger partial charge in [-0.05, 0) is 12.8 Å². The van der Waals surface area contributed by atoms with E-state index in [1.54, 1.807) is 0 Å². The molecule has 3 nitrogen and oxygen atoms in total. The summed E-state index contributed by atoms with van der Waals surface area (Å²) in [6.07, 6.45) is 9.82. The minimum Gasteiger partial charge on any atom is -0.381 e. The third-order valence-electron chi connectivity index (χ3n) is 2.80. The molecule has 0 aromatic carbocycles. The van der Waals surface area contributed by atoms with E-state index in [0.29, 0.717) is 12.3 Å². The molecule has 0 bridgehead atoms. The van der Waals surface area contributed by atoms with Gasteiger partial charge < -0.3 is 14.3 Å². The standard InChI is InChI=1S/C7H10O.C6H10O2/c1-2-3-4-7-5-8-6-7;7-3-1-2-6-4-8-5-6/h1,7H,3-6H2;3,6H,1-2,4-5H2. The van der Waals surface area contributed by atoms with E-state index in [-0.39, 0.29) is 0 Å². The van der Waals surface area contributed by atoms with Crippen molar-refractivity contribution in [3.05, 3.63) is 0 Å². The average Bonchev–Trinajstić information content (AvgIpc) is 2.15. The molecular formula is C13H20O3. The molecule has 2 heterocycles. The minimum absolute atomic E-state index is 0.681. The maximum absolute atomic E-state index is 9.81. The van der Waals surface area contributed by atoms with Gasteiger partial charge >= 0.3 is 0 Å². The summed E-state index contributed by atoms with van der Waals surface area (Å²) in [5.74, 6) is 4.06. The van der Waals surface area contributed by atoms with Crippen LogP contribution in [0.15, 0.2) is 0 Å². The molecule has 2 fully saturated rings. The van der Waals surface area contributed by atoms with Crippen LogP contribution in [0.3, 0.4) is 0 Å². The first kappa shape index (κ1) is 13.2. The molecule has 3 heteroatoms. The van der Waals surface area contributed by atoms with E-state index in [9.17, 15) is 4.79 Å². The Morgan fingerprint density at radius 3 is 2.06 bits per heavy atom. The summed E-state index contributed by atoms with van der Waals surface area (Å²) in [6, 6.07) is 0. The van der Waals surface area contributed by atoms with Crippen molar-refractivity contribution in [1.29, 1.82) is 0 Å². The quantitative estimate of drug-likeness (QED) is 0.526. The van der Waals surface area contributed by atoms with Crippen molar-refractivity contribution in [2.75, 3.05) is 26.4 Å². The van der Waals surface area contributed by atoms with Crippen molar-refractivity contribution < 1.29 is 14.3 Å². The summed E-state index contributed by atoms with van der Waals surface area (Å²) in [7, 11) is 0. The number of hydrogen-bond donors (Lipinski definition) is 0. The SMILES string of the molecule is C#CCCC1COC1.O=CCCC1COC1. The molecule has 2 aliphatic heterocycles. The van der Waals surface area contributed by atoms with Crippen LogP contribution in [-0.2, 0) is 14.3 Å². The van der Waals surface area contributed by atoms with Gasteiger partial charge in [0.2, 0.25) is 0 Å². The van der Waals surface area contributed by atoms with Crippen LogP contribution in [0.5, 0.6) is 0 Å². The van der Waals surface area contributed by atoms with Crippen molar-refractivity contribution in [1.82, 2.24) is 0 Å². The predicted octanol–water partition coefficient (Wildman–Crippen LogP) is 1.66. The molecule has 0 aliphatic carbocycles. The second-order valence-electron chi connectivity index (χ2n) is 4.29. The van der Waals surface area contributed by atoms with Gasteiger partial charge in [-0.25, -0.2) is 0 Å². The number of hydrogen-bond acceptors (Lipinski definition) is 3. The van der Waals surface area contributed by atoms with Crippen molar-refractivity contribution in [3.8, 4) is 12.3 Å². The van der Waals surface area contributed by atoms with E-state index >= 15 is 0 Å². The van der Waals surface area contributed by atoms with Gasteiger partial charge in [-0.1, -0.05) is 0 Å². The molecule has 2 rings (SSSR count). The van der Waals surface area contributed by atoms with Gasteiger partial charge in [-0.15, -0.1) is 12.3 Å². The maximum Gasteiger partial charge on any atom is 0.120 e. The highest BCUT2D eigenvalue weighted by Crippen LogP contribution is 2.15. The molecule has 16 heavy (non-hydrogen) atoms. The van der Waals surface area contributed by atoms with Gasteiger partial charge in [-0.3, -0.25) is 0 Å². The third-order valence-corrected chi connectivity index (χ3v) is 2.80. The maximum atomic E-state index is 9.81. The van der Waals surface area contributed by atoms with Gasteiger partial charge in [-0.2, -0.15) is 0 Å². The summed E-state index contributed by atoms with van der Waals surface area (Å²) in [6.45, 7) is 3.60. The van der Waals surface area contributed by atoms with Crippen molar-refractivity contribution in [2.24, 2.45) is 11.8 Å². The van der Waals surface area contributed by atoms with E-state index in [0.717, 1.165) is 57.9 Å². The molecule has 0 spiro atoms. The van der Waals surface area contributed by atoms with E-state index in [4.69, 9.17) is 15.9 Å². The Hall–Kier alpha value is -0.850. The van der Waals surface area contributed by atoms with Crippen LogP contribution in [0, 0.1) is 24.2 Å². The lowest BCUT2D eigenvalue weighted by Crippen LogP contribution is -2.27. The molecule has 0 aromatic rings. The zero-order valence-corrected chi connectivity index (χ0v) is 9.69. The van der Waals surface area contributed by atoms with Crippen molar-refractivity contribution >= 4 is 6.29 Å². The van der Waals surface area contributed by atoms with Crippen LogP contribution in [0.25, 0.3) is 0 Å². The highest BCUT2D eigenvalue weighted by Gasteiger charge is 2.17. The zero-order chi connectivity index (χ0) is 11.6. The fourth-order valence-electron chi connectivity index (χ4n) is 1.49. The highest BCUT2D eigenvalue weighted by molar-refractivity contribution is 5.49. The summed E-state index contributed by atoms with van der Waals surface area (Å²) in [5.41, 5.74) is 0. The fraction of sp³-hybridized carbons (Fsp3) is 0.769. The number of rotatable bonds is 5. The van der Waals surface area contributed by atoms with Crippen molar-refractivity contribution in [2.45, 2.75) is 25.7 Å². The fourth-order valence-corrected chi connectivity index (χ4v) is 1.49. The van der Waals surface area contributed by atoms with Gasteiger partial charge in [0.25, 0.3) is 0 Å². The van der Waals surface area contributed by atoms with E-state index in [2.05, 4.69) is 5.92 Å². The monoisotopic (exact) mass is 224 g/mol. The number of carbonyl (C=O) groups excluding carboxylic acids is 1. The van der Waals surface area contributed by atoms with Gasteiger partial charge in [0.05, 0.1) is 26.4 Å². The van der Waals surface area contributed by atoms with Crippen LogP contribution in [0.4, 0.5) is 0 Å². The molecule has 2 aliphatic rings. The summed E-state index contributed by atoms with van der Waals surface area (Å²) >= 11 is 0. The average molecular weight is 224 g/mol. The predicted molar refractivity (Wildman–Crippen MR) is 62.0 cm³/mol. The second-order valence-corrected chi connectivity index (χ2v) is 4.29. The Morgan fingerprint density at radius 2 is 1.69 bits per heavy atom. The first-order valence-electron chi connectivity index (χ1n) is 5.89. The molecule has 0 unspecified atom stereocenters. The largest absolute Gasteiger partial charge is 0.381 e. The number of carbonyl (C=O) groups is 1. The molecule has 0 N–H and O–H groups in total. The third kappa shape index (κ3) is 5.29. The molecule has 0 atom stereocenters. The van der Waals surface area contributed by atoms with E-state index in [1.807, 2.05) is 0 Å². The van der Waals surface area contributed by atoms with Crippen LogP contribution < -0.4 is 0 Å². The van der Waals surface area contributed by atoms with Gasteiger partial charge in [0, 0.05) is 24.7 Å². The summed E-state index contributed by atoms with van der Waals surface area (Å²) in [5, 5.41) is 0. The Bertz CT molecular complexity index is 224. The van der Waals surface area contributed by atoms with Crippen LogP contribution >= 0.6 is 0 Å². The minimum atomic E-state index is 0.681. The molecule has 0 radical (unpaired) electrons. The topological polar surface area (TPSA) is 35.5 Å². The van der Waals surface area contributed by atoms with Crippen LogP contribution in [0.2, 0.25) is 0 Å². The summed E-state index contributed by atoms with van der Waals surface area (Å²) in [4.78, 5) is 9.81. The molecule has 0 amide bonds. The Kier molecular flexibility index (Phi) is 6.87. The van der Waals surface area contributed by atoms with Gasteiger partial charge in [0.1, 0.15) is 6.29 Å². The Labute approximate surface area is 97.5 Å². The van der Waals surface area contributed by atoms with Crippen molar-refractivity contribution in [3.63, 3.8) is 0 Å². The first-order valence-corrected chi connectivity index (χ1v) is 5.89. The smallest absolute Gasteiger partial charge is 0.120 e. The molecule has 0 saturated carbocycles. The van der Waals surface area contributed by atoms with E-state index in [1.165, 1.54) is 0 Å². The molecule has 0 aromatic heterocycles. The first-order chi connectivity index (χ1) is 7.86. The van der Waals surface area contributed by atoms with Crippen LogP contribution in [-0.4, -0.2) is 32.7 Å². The lowest BCUT2D eigenvalue weighted by Gasteiger charge is -2.24. The Morgan fingerprint density at radius 1 is 1.12 bits per heavy atom. The zero-order valence-electron chi connectivity index (χ0n) is 9.69. The Balaban J connectivity index is 0.000000160. The lowest BCUT2D eigenvalue weighted by atomic mass is 10.0. The number of aldehydes is 1. The summed E-state index contributed by atoms with van der Waals surface area (Å²) < 4.78 is 9.88. The number of ether oxygens (including phenoxy) is 2. The molecule has 2 saturated heterocycles. The molecular weight excluding hydrogens is 204 g/mol. The van der Waals surface area contributed by atoms with Gasteiger partial charge in [0.15, 0.2) is 0 Å². The van der Waals surface area contributed by atoms with Crippen LogP contribution in [0.1, 0.15) is 25.7 Å². The highest BCUT2D eigenvalue weighted by atomic mass is 16.5. The second kappa shape index (κ2) is 8.32. The number of terminal acetylenes is 1. The molecule has 90 valence electrons. The normalized spacial score (nSPS) is 19.7.